The fraction of sp³-hybridized carbons (Fsp3) is 0.636. The molecule has 0 amide bonds. The molecule has 1 fully saturated rings. The summed E-state index contributed by atoms with van der Waals surface area (Å²) in [4.78, 5) is 8.22. The van der Waals surface area contributed by atoms with Crippen LogP contribution in [0.4, 0.5) is 5.95 Å². The maximum absolute atomic E-state index is 10.2. The highest BCUT2D eigenvalue weighted by molar-refractivity contribution is 7.98. The molecule has 0 aliphatic heterocycles. The molecule has 0 bridgehead atoms. The minimum absolute atomic E-state index is 0.0992. The predicted octanol–water partition coefficient (Wildman–Crippen LogP) is -1.20. The molecule has 0 saturated heterocycles. The SMILES string of the molecule is CSc1nc(N)nc2c1nnn2[C@@H]1C[C@H](CO)[C@@H](O)[C@H]1O. The van der Waals surface area contributed by atoms with Crippen molar-refractivity contribution in [3.63, 3.8) is 0 Å². The number of rotatable bonds is 3. The van der Waals surface area contributed by atoms with Crippen LogP contribution in [0.5, 0.6) is 0 Å². The van der Waals surface area contributed by atoms with Gasteiger partial charge in [0.05, 0.1) is 12.1 Å². The van der Waals surface area contributed by atoms with E-state index in [1.165, 1.54) is 16.4 Å². The summed E-state index contributed by atoms with van der Waals surface area (Å²) in [6, 6.07) is -0.508. The number of fused-ring (bicyclic) bond motifs is 1. The largest absolute Gasteiger partial charge is 0.396 e. The number of hydrogen-bond donors (Lipinski definition) is 4. The summed E-state index contributed by atoms with van der Waals surface area (Å²) in [5.74, 6) is -0.300. The molecule has 114 valence electrons. The molecule has 1 aliphatic rings. The van der Waals surface area contributed by atoms with Crippen molar-refractivity contribution in [2.24, 2.45) is 5.92 Å². The van der Waals surface area contributed by atoms with Crippen LogP contribution in [0.3, 0.4) is 0 Å². The average molecular weight is 312 g/mol. The van der Waals surface area contributed by atoms with Crippen LogP contribution < -0.4 is 5.73 Å². The summed E-state index contributed by atoms with van der Waals surface area (Å²) in [5, 5.41) is 38.0. The van der Waals surface area contributed by atoms with Gasteiger partial charge in [0.2, 0.25) is 5.95 Å². The molecule has 0 aromatic carbocycles. The highest BCUT2D eigenvalue weighted by atomic mass is 32.2. The first-order valence-electron chi connectivity index (χ1n) is 6.46. The van der Waals surface area contributed by atoms with Crippen LogP contribution >= 0.6 is 11.8 Å². The lowest BCUT2D eigenvalue weighted by molar-refractivity contribution is -0.00511. The normalized spacial score (nSPS) is 29.3. The molecule has 9 nitrogen and oxygen atoms in total. The molecule has 0 spiro atoms. The highest BCUT2D eigenvalue weighted by Gasteiger charge is 2.43. The first-order valence-corrected chi connectivity index (χ1v) is 7.68. The molecule has 4 atom stereocenters. The summed E-state index contributed by atoms with van der Waals surface area (Å²) >= 11 is 1.38. The Bertz CT molecular complexity index is 665. The molecule has 5 N–H and O–H groups in total. The van der Waals surface area contributed by atoms with Crippen molar-refractivity contribution < 1.29 is 15.3 Å². The quantitative estimate of drug-likeness (QED) is 0.406. The van der Waals surface area contributed by atoms with Gasteiger partial charge in [0.1, 0.15) is 11.1 Å². The van der Waals surface area contributed by atoms with Crippen molar-refractivity contribution >= 4 is 28.9 Å². The maximum Gasteiger partial charge on any atom is 0.223 e. The lowest BCUT2D eigenvalue weighted by Gasteiger charge is -2.16. The van der Waals surface area contributed by atoms with Gasteiger partial charge in [-0.2, -0.15) is 4.98 Å². The van der Waals surface area contributed by atoms with Gasteiger partial charge < -0.3 is 21.1 Å². The fourth-order valence-corrected chi connectivity index (χ4v) is 3.22. The number of nitrogens with two attached hydrogens (primary N) is 1. The number of hydrogen-bond acceptors (Lipinski definition) is 9. The second kappa shape index (κ2) is 5.37. The van der Waals surface area contributed by atoms with Gasteiger partial charge in [-0.25, -0.2) is 9.67 Å². The Morgan fingerprint density at radius 2 is 2.10 bits per heavy atom. The van der Waals surface area contributed by atoms with Gasteiger partial charge in [0.25, 0.3) is 0 Å². The van der Waals surface area contributed by atoms with Crippen LogP contribution in [0, 0.1) is 5.92 Å². The zero-order valence-electron chi connectivity index (χ0n) is 11.3. The first-order chi connectivity index (χ1) is 10.1. The van der Waals surface area contributed by atoms with Gasteiger partial charge in [0.15, 0.2) is 11.2 Å². The van der Waals surface area contributed by atoms with Gasteiger partial charge in [0, 0.05) is 12.5 Å². The van der Waals surface area contributed by atoms with Crippen molar-refractivity contribution in [2.75, 3.05) is 18.6 Å². The second-order valence-electron chi connectivity index (χ2n) is 5.02. The molecule has 2 aromatic rings. The molecule has 3 rings (SSSR count). The topological polar surface area (TPSA) is 143 Å². The van der Waals surface area contributed by atoms with E-state index in [-0.39, 0.29) is 12.6 Å². The van der Waals surface area contributed by atoms with E-state index in [1.807, 2.05) is 6.26 Å². The summed E-state index contributed by atoms with van der Waals surface area (Å²) in [5.41, 5.74) is 6.61. The molecule has 0 radical (unpaired) electrons. The maximum atomic E-state index is 10.2. The Morgan fingerprint density at radius 3 is 2.71 bits per heavy atom. The van der Waals surface area contributed by atoms with Crippen molar-refractivity contribution in [3.05, 3.63) is 0 Å². The lowest BCUT2D eigenvalue weighted by atomic mass is 10.1. The van der Waals surface area contributed by atoms with Gasteiger partial charge in [-0.05, 0) is 12.7 Å². The number of aliphatic hydroxyl groups is 3. The Kier molecular flexibility index (Phi) is 3.69. The monoisotopic (exact) mass is 312 g/mol. The van der Waals surface area contributed by atoms with Crippen LogP contribution in [0.1, 0.15) is 12.5 Å². The van der Waals surface area contributed by atoms with Crippen LogP contribution in [0.2, 0.25) is 0 Å². The Labute approximate surface area is 124 Å². The minimum atomic E-state index is -1.04. The first kappa shape index (κ1) is 14.4. The van der Waals surface area contributed by atoms with E-state index in [0.717, 1.165) is 0 Å². The highest BCUT2D eigenvalue weighted by Crippen LogP contribution is 2.36. The van der Waals surface area contributed by atoms with Gasteiger partial charge in [-0.3, -0.25) is 0 Å². The number of nitrogen functional groups attached to an aromatic ring is 1. The van der Waals surface area contributed by atoms with Gasteiger partial charge >= 0.3 is 0 Å². The van der Waals surface area contributed by atoms with E-state index >= 15 is 0 Å². The third kappa shape index (κ3) is 2.24. The number of nitrogens with zero attached hydrogens (tertiary/aromatic N) is 5. The number of anilines is 1. The Morgan fingerprint density at radius 1 is 1.33 bits per heavy atom. The van der Waals surface area contributed by atoms with E-state index in [2.05, 4.69) is 20.3 Å². The molecular formula is C11H16N6O3S. The van der Waals surface area contributed by atoms with Gasteiger partial charge in [-0.15, -0.1) is 16.9 Å². The zero-order chi connectivity index (χ0) is 15.1. The molecule has 2 aromatic heterocycles. The zero-order valence-corrected chi connectivity index (χ0v) is 12.1. The third-order valence-corrected chi connectivity index (χ3v) is 4.49. The Hall–Kier alpha value is -1.49. The molecule has 21 heavy (non-hydrogen) atoms. The third-order valence-electron chi connectivity index (χ3n) is 3.82. The second-order valence-corrected chi connectivity index (χ2v) is 5.82. The molecule has 2 heterocycles. The Balaban J connectivity index is 2.07. The number of thioether (sulfide) groups is 1. The standard InChI is InChI=1S/C11H16N6O3S/c1-21-10-6-9(13-11(12)14-10)17(16-15-6)5-2-4(3-18)7(19)8(5)20/h4-5,7-8,18-20H,2-3H2,1H3,(H2,12,13,14)/t4-,5-,7-,8+/m1/s1. The van der Waals surface area contributed by atoms with E-state index < -0.39 is 24.2 Å². The summed E-state index contributed by atoms with van der Waals surface area (Å²) in [6.07, 6.45) is 0.186. The van der Waals surface area contributed by atoms with E-state index in [4.69, 9.17) is 5.73 Å². The molecule has 1 aliphatic carbocycles. The van der Waals surface area contributed by atoms with Crippen molar-refractivity contribution in [3.8, 4) is 0 Å². The minimum Gasteiger partial charge on any atom is -0.396 e. The fourth-order valence-electron chi connectivity index (χ4n) is 2.71. The van der Waals surface area contributed by atoms with Crippen LogP contribution in [-0.2, 0) is 0 Å². The smallest absolute Gasteiger partial charge is 0.223 e. The number of aromatic nitrogens is 5. The molecule has 1 saturated carbocycles. The molecule has 0 unspecified atom stereocenters. The molecule has 10 heteroatoms. The summed E-state index contributed by atoms with van der Waals surface area (Å²) in [6.45, 7) is -0.200. The predicted molar refractivity (Wildman–Crippen MR) is 75.6 cm³/mol. The van der Waals surface area contributed by atoms with Crippen molar-refractivity contribution in [2.45, 2.75) is 29.7 Å². The van der Waals surface area contributed by atoms with Gasteiger partial charge in [-0.1, -0.05) is 5.21 Å². The van der Waals surface area contributed by atoms with Crippen LogP contribution in [-0.4, -0.2) is 65.4 Å². The van der Waals surface area contributed by atoms with Crippen LogP contribution in [0.15, 0.2) is 5.03 Å². The van der Waals surface area contributed by atoms with Crippen LogP contribution in [0.25, 0.3) is 11.2 Å². The van der Waals surface area contributed by atoms with Crippen molar-refractivity contribution in [1.82, 2.24) is 25.0 Å². The van der Waals surface area contributed by atoms with E-state index in [0.29, 0.717) is 22.6 Å². The van der Waals surface area contributed by atoms with E-state index in [9.17, 15) is 15.3 Å². The summed E-state index contributed by atoms with van der Waals surface area (Å²) < 4.78 is 1.46. The number of aliphatic hydroxyl groups excluding tert-OH is 3. The van der Waals surface area contributed by atoms with E-state index in [1.54, 1.807) is 0 Å². The molecular weight excluding hydrogens is 296 g/mol. The lowest BCUT2D eigenvalue weighted by Crippen LogP contribution is -2.30. The van der Waals surface area contributed by atoms with Crippen molar-refractivity contribution in [1.29, 1.82) is 0 Å². The summed E-state index contributed by atoms with van der Waals surface area (Å²) in [7, 11) is 0. The average Bonchev–Trinajstić information content (AvgIpc) is 3.01.